The molecule has 0 spiro atoms. The van der Waals surface area contributed by atoms with Gasteiger partial charge in [-0.05, 0) is 65.1 Å². The summed E-state index contributed by atoms with van der Waals surface area (Å²) in [7, 11) is 0. The minimum atomic E-state index is -0.838. The smallest absolute Gasteiger partial charge is 0.173 e. The van der Waals surface area contributed by atoms with Crippen LogP contribution in [-0.2, 0) is 0 Å². The third kappa shape index (κ3) is 4.31. The Bertz CT molecular complexity index is 1450. The first-order valence-electron chi connectivity index (χ1n) is 12.2. The normalized spacial score (nSPS) is 14.1. The highest BCUT2D eigenvalue weighted by Gasteiger charge is 2.24. The molecule has 0 bridgehead atoms. The van der Waals surface area contributed by atoms with Crippen LogP contribution in [0.5, 0.6) is 0 Å². The van der Waals surface area contributed by atoms with Gasteiger partial charge >= 0.3 is 0 Å². The predicted molar refractivity (Wildman–Crippen MR) is 140 cm³/mol. The molecule has 6 rings (SSSR count). The van der Waals surface area contributed by atoms with Crippen LogP contribution in [0, 0.1) is 6.92 Å². The minimum Gasteiger partial charge on any atom is -0.383 e. The fraction of sp³-hybridized carbons (Fsp3) is 0.156. The topological polar surface area (TPSA) is 46.3 Å². The van der Waals surface area contributed by atoms with Gasteiger partial charge in [0, 0.05) is 5.56 Å². The molecule has 1 aliphatic carbocycles. The Kier molecular flexibility index (Phi) is 5.55. The molecule has 1 aliphatic rings. The Hall–Kier alpha value is -3.95. The maximum absolute atomic E-state index is 11.4. The lowest BCUT2D eigenvalue weighted by Crippen LogP contribution is -2.02. The number of benzene rings is 4. The predicted octanol–water partition coefficient (Wildman–Crippen LogP) is 7.94. The first kappa shape index (κ1) is 21.6. The van der Waals surface area contributed by atoms with Gasteiger partial charge in [-0.25, -0.2) is 0 Å². The van der Waals surface area contributed by atoms with E-state index >= 15 is 0 Å². The zero-order valence-corrected chi connectivity index (χ0v) is 19.7. The molecule has 3 nitrogen and oxygen atoms in total. The van der Waals surface area contributed by atoms with Crippen molar-refractivity contribution in [2.75, 3.05) is 0 Å². The molecule has 1 aromatic heterocycles. The lowest BCUT2D eigenvalue weighted by atomic mass is 9.94. The summed E-state index contributed by atoms with van der Waals surface area (Å²) in [5.74, 6) is 1.37. The molecular weight excluding hydrogens is 430 g/mol. The first-order valence-corrected chi connectivity index (χ1v) is 12.2. The van der Waals surface area contributed by atoms with E-state index in [1.165, 1.54) is 24.0 Å². The Labute approximate surface area is 205 Å². The van der Waals surface area contributed by atoms with Gasteiger partial charge in [0.1, 0.15) is 6.10 Å². The maximum atomic E-state index is 11.4. The number of rotatable bonds is 6. The van der Waals surface area contributed by atoms with Crippen molar-refractivity contribution < 1.29 is 9.63 Å². The van der Waals surface area contributed by atoms with Gasteiger partial charge in [0.15, 0.2) is 5.76 Å². The van der Waals surface area contributed by atoms with Crippen LogP contribution in [0.4, 0.5) is 0 Å². The van der Waals surface area contributed by atoms with E-state index in [0.29, 0.717) is 17.0 Å². The number of hydrogen-bond donors (Lipinski definition) is 1. The van der Waals surface area contributed by atoms with Crippen molar-refractivity contribution in [3.05, 3.63) is 126 Å². The van der Waals surface area contributed by atoms with Crippen molar-refractivity contribution in [2.45, 2.75) is 31.8 Å². The standard InChI is InChI=1S/C32H27NO2/c1-21-30(31(34)29-9-5-8-28(20-29)22-6-3-2-4-7-22)32(35-33-21)27-18-16-26(17-19-27)25-14-12-24(13-15-25)23-10-11-23/h2-9,12-20,23,31,34H,10-11H2,1H3. The zero-order chi connectivity index (χ0) is 23.8. The molecule has 3 heteroatoms. The van der Waals surface area contributed by atoms with Crippen molar-refractivity contribution in [3.8, 4) is 33.6 Å². The van der Waals surface area contributed by atoms with Crippen molar-refractivity contribution in [2.24, 2.45) is 0 Å². The molecule has 5 aromatic rings. The summed E-state index contributed by atoms with van der Waals surface area (Å²) in [6, 6.07) is 35.4. The Morgan fingerprint density at radius 1 is 0.714 bits per heavy atom. The number of aliphatic hydroxyl groups is 1. The molecule has 4 aromatic carbocycles. The average molecular weight is 458 g/mol. The fourth-order valence-corrected chi connectivity index (χ4v) is 4.77. The molecule has 0 saturated heterocycles. The minimum absolute atomic E-state index is 0.607. The Morgan fingerprint density at radius 3 is 2.00 bits per heavy atom. The van der Waals surface area contributed by atoms with Gasteiger partial charge in [-0.1, -0.05) is 102 Å². The lowest BCUT2D eigenvalue weighted by Gasteiger charge is -2.14. The van der Waals surface area contributed by atoms with E-state index in [-0.39, 0.29) is 0 Å². The van der Waals surface area contributed by atoms with Gasteiger partial charge in [0.25, 0.3) is 0 Å². The van der Waals surface area contributed by atoms with Crippen LogP contribution in [0.1, 0.15) is 47.2 Å². The van der Waals surface area contributed by atoms with Gasteiger partial charge in [-0.15, -0.1) is 0 Å². The second-order valence-electron chi connectivity index (χ2n) is 9.38. The molecule has 1 fully saturated rings. The summed E-state index contributed by atoms with van der Waals surface area (Å²) < 4.78 is 5.72. The maximum Gasteiger partial charge on any atom is 0.173 e. The van der Waals surface area contributed by atoms with Crippen molar-refractivity contribution in [1.82, 2.24) is 5.16 Å². The third-order valence-electron chi connectivity index (χ3n) is 6.93. The number of aryl methyl sites for hydroxylation is 1. The Balaban J connectivity index is 1.29. The highest BCUT2D eigenvalue weighted by molar-refractivity contribution is 5.71. The van der Waals surface area contributed by atoms with Crippen molar-refractivity contribution >= 4 is 0 Å². The molecule has 1 unspecified atom stereocenters. The zero-order valence-electron chi connectivity index (χ0n) is 19.7. The molecule has 1 N–H and O–H groups in total. The van der Waals surface area contributed by atoms with E-state index < -0.39 is 6.10 Å². The SMILES string of the molecule is Cc1noc(-c2ccc(-c3ccc(C4CC4)cc3)cc2)c1C(O)c1cccc(-c2ccccc2)c1. The number of nitrogens with zero attached hydrogens (tertiary/aromatic N) is 1. The molecule has 0 aliphatic heterocycles. The van der Waals surface area contributed by atoms with Crippen LogP contribution in [0.15, 0.2) is 108 Å². The quantitative estimate of drug-likeness (QED) is 0.281. The van der Waals surface area contributed by atoms with E-state index in [0.717, 1.165) is 33.7 Å². The van der Waals surface area contributed by atoms with Gasteiger partial charge in [-0.3, -0.25) is 0 Å². The van der Waals surface area contributed by atoms with Crippen LogP contribution in [0.25, 0.3) is 33.6 Å². The first-order chi connectivity index (χ1) is 17.2. The van der Waals surface area contributed by atoms with E-state index in [1.807, 2.05) is 55.5 Å². The average Bonchev–Trinajstić information content (AvgIpc) is 3.70. The Morgan fingerprint density at radius 2 is 1.31 bits per heavy atom. The highest BCUT2D eigenvalue weighted by Crippen LogP contribution is 2.41. The summed E-state index contributed by atoms with van der Waals surface area (Å²) in [6.07, 6.45) is 1.79. The summed E-state index contributed by atoms with van der Waals surface area (Å²) in [6.45, 7) is 1.88. The molecule has 1 heterocycles. The van der Waals surface area contributed by atoms with Crippen molar-refractivity contribution in [1.29, 1.82) is 0 Å². The third-order valence-corrected chi connectivity index (χ3v) is 6.93. The molecule has 0 radical (unpaired) electrons. The van der Waals surface area contributed by atoms with E-state index in [4.69, 9.17) is 4.52 Å². The second-order valence-corrected chi connectivity index (χ2v) is 9.38. The summed E-state index contributed by atoms with van der Waals surface area (Å²) in [5.41, 5.74) is 9.09. The number of hydrogen-bond acceptors (Lipinski definition) is 3. The molecule has 172 valence electrons. The van der Waals surface area contributed by atoms with Gasteiger partial charge in [0.2, 0.25) is 0 Å². The van der Waals surface area contributed by atoms with E-state index in [1.54, 1.807) is 0 Å². The van der Waals surface area contributed by atoms with Crippen molar-refractivity contribution in [3.63, 3.8) is 0 Å². The largest absolute Gasteiger partial charge is 0.383 e. The molecule has 0 amide bonds. The molecular formula is C32H27NO2. The van der Waals surface area contributed by atoms with Crippen LogP contribution in [0.3, 0.4) is 0 Å². The second kappa shape index (κ2) is 9.01. The van der Waals surface area contributed by atoms with Crippen LogP contribution in [-0.4, -0.2) is 10.3 Å². The molecule has 1 atom stereocenters. The molecule has 1 saturated carbocycles. The molecule has 35 heavy (non-hydrogen) atoms. The summed E-state index contributed by atoms with van der Waals surface area (Å²) in [4.78, 5) is 0. The monoisotopic (exact) mass is 457 g/mol. The van der Waals surface area contributed by atoms with Gasteiger partial charge in [-0.2, -0.15) is 0 Å². The van der Waals surface area contributed by atoms with Crippen LogP contribution >= 0.6 is 0 Å². The fourth-order valence-electron chi connectivity index (χ4n) is 4.77. The highest BCUT2D eigenvalue weighted by atomic mass is 16.5. The van der Waals surface area contributed by atoms with E-state index in [2.05, 4.69) is 59.8 Å². The summed E-state index contributed by atoms with van der Waals surface area (Å²) >= 11 is 0. The van der Waals surface area contributed by atoms with Gasteiger partial charge < -0.3 is 9.63 Å². The summed E-state index contributed by atoms with van der Waals surface area (Å²) in [5, 5.41) is 15.6. The van der Waals surface area contributed by atoms with Crippen LogP contribution < -0.4 is 0 Å². The van der Waals surface area contributed by atoms with Gasteiger partial charge in [0.05, 0.1) is 11.3 Å². The van der Waals surface area contributed by atoms with Crippen LogP contribution in [0.2, 0.25) is 0 Å². The number of aromatic nitrogens is 1. The number of aliphatic hydroxyl groups excluding tert-OH is 1. The van der Waals surface area contributed by atoms with E-state index in [9.17, 15) is 5.11 Å². The lowest BCUT2D eigenvalue weighted by molar-refractivity contribution is 0.219.